The van der Waals surface area contributed by atoms with Gasteiger partial charge in [-0.05, 0) is 37.3 Å². The van der Waals surface area contributed by atoms with Crippen molar-refractivity contribution >= 4 is 5.69 Å². The molecule has 0 spiro atoms. The fraction of sp³-hybridized carbons (Fsp3) is 0.538. The predicted octanol–water partition coefficient (Wildman–Crippen LogP) is 1.93. The minimum atomic E-state index is 0.129. The van der Waals surface area contributed by atoms with Crippen molar-refractivity contribution in [2.75, 3.05) is 18.0 Å². The molecule has 2 heteroatoms. The maximum absolute atomic E-state index is 6.19. The molecule has 0 radical (unpaired) electrons. The largest absolute Gasteiger partial charge is 0.369 e. The zero-order valence-corrected chi connectivity index (χ0v) is 9.08. The van der Waals surface area contributed by atoms with E-state index >= 15 is 0 Å². The Labute approximate surface area is 91.1 Å². The summed E-state index contributed by atoms with van der Waals surface area (Å²) in [5.74, 6) is 0. The molecule has 1 aromatic carbocycles. The summed E-state index contributed by atoms with van der Waals surface area (Å²) in [5, 5.41) is 0. The van der Waals surface area contributed by atoms with Crippen molar-refractivity contribution in [2.24, 2.45) is 5.73 Å². The first-order valence-electron chi connectivity index (χ1n) is 5.89. The second-order valence-corrected chi connectivity index (χ2v) is 5.02. The van der Waals surface area contributed by atoms with Gasteiger partial charge in [0.15, 0.2) is 0 Å². The lowest BCUT2D eigenvalue weighted by Gasteiger charge is -2.33. The number of anilines is 1. The average Bonchev–Trinajstić information content (AvgIpc) is 2.97. The van der Waals surface area contributed by atoms with Crippen LogP contribution in [-0.4, -0.2) is 18.6 Å². The van der Waals surface area contributed by atoms with Crippen LogP contribution in [0.1, 0.15) is 24.8 Å². The topological polar surface area (TPSA) is 29.3 Å². The first-order valence-corrected chi connectivity index (χ1v) is 5.89. The van der Waals surface area contributed by atoms with Crippen molar-refractivity contribution < 1.29 is 0 Å². The zero-order chi connectivity index (χ0) is 10.3. The summed E-state index contributed by atoms with van der Waals surface area (Å²) < 4.78 is 0. The lowest BCUT2D eigenvalue weighted by Crippen LogP contribution is -2.41. The monoisotopic (exact) mass is 202 g/mol. The molecule has 0 bridgehead atoms. The molecule has 80 valence electrons. The maximum Gasteiger partial charge on any atom is 0.0399 e. The molecule has 1 fully saturated rings. The number of rotatable bonds is 2. The van der Waals surface area contributed by atoms with Crippen LogP contribution in [0.5, 0.6) is 0 Å². The minimum absolute atomic E-state index is 0.129. The number of fused-ring (bicyclic) bond motifs is 1. The van der Waals surface area contributed by atoms with Gasteiger partial charge in [0.05, 0.1) is 0 Å². The van der Waals surface area contributed by atoms with E-state index in [0.717, 1.165) is 6.54 Å². The molecule has 0 amide bonds. The quantitative estimate of drug-likeness (QED) is 0.794. The van der Waals surface area contributed by atoms with Crippen molar-refractivity contribution in [2.45, 2.75) is 31.2 Å². The Morgan fingerprint density at radius 1 is 1.27 bits per heavy atom. The Morgan fingerprint density at radius 3 is 2.87 bits per heavy atom. The molecule has 1 saturated carbocycles. The van der Waals surface area contributed by atoms with Crippen molar-refractivity contribution in [3.05, 3.63) is 29.8 Å². The Bertz CT molecular complexity index is 369. The van der Waals surface area contributed by atoms with Crippen LogP contribution in [0.4, 0.5) is 5.69 Å². The molecular formula is C13H18N2. The van der Waals surface area contributed by atoms with Crippen LogP contribution in [0.15, 0.2) is 24.3 Å². The summed E-state index contributed by atoms with van der Waals surface area (Å²) in [6.45, 7) is 2.22. The summed E-state index contributed by atoms with van der Waals surface area (Å²) in [5.41, 5.74) is 9.23. The molecule has 2 N–H and O–H groups in total. The van der Waals surface area contributed by atoms with E-state index in [4.69, 9.17) is 5.73 Å². The van der Waals surface area contributed by atoms with Gasteiger partial charge in [-0.2, -0.15) is 0 Å². The maximum atomic E-state index is 6.19. The van der Waals surface area contributed by atoms with Crippen molar-refractivity contribution in [3.63, 3.8) is 0 Å². The molecule has 1 aromatic rings. The Hall–Kier alpha value is -1.02. The molecule has 0 atom stereocenters. The van der Waals surface area contributed by atoms with Gasteiger partial charge in [0.25, 0.3) is 0 Å². The molecule has 2 nitrogen and oxygen atoms in total. The summed E-state index contributed by atoms with van der Waals surface area (Å²) in [4.78, 5) is 2.48. The molecule has 15 heavy (non-hydrogen) atoms. The van der Waals surface area contributed by atoms with E-state index in [-0.39, 0.29) is 5.54 Å². The zero-order valence-electron chi connectivity index (χ0n) is 9.08. The Morgan fingerprint density at radius 2 is 2.07 bits per heavy atom. The van der Waals surface area contributed by atoms with Gasteiger partial charge >= 0.3 is 0 Å². The summed E-state index contributed by atoms with van der Waals surface area (Å²) in [6.07, 6.45) is 4.90. The summed E-state index contributed by atoms with van der Waals surface area (Å²) in [6, 6.07) is 8.75. The van der Waals surface area contributed by atoms with Crippen LogP contribution in [-0.2, 0) is 6.42 Å². The number of para-hydroxylation sites is 1. The third-order valence-corrected chi connectivity index (χ3v) is 3.60. The van der Waals surface area contributed by atoms with Gasteiger partial charge in [0, 0.05) is 24.3 Å². The van der Waals surface area contributed by atoms with Crippen molar-refractivity contribution in [3.8, 4) is 0 Å². The van der Waals surface area contributed by atoms with E-state index in [0.29, 0.717) is 0 Å². The van der Waals surface area contributed by atoms with Gasteiger partial charge < -0.3 is 10.6 Å². The van der Waals surface area contributed by atoms with E-state index in [1.807, 2.05) is 0 Å². The number of nitrogens with zero attached hydrogens (tertiary/aromatic N) is 1. The lowest BCUT2D eigenvalue weighted by atomic mass is 10.0. The molecule has 1 heterocycles. The Balaban J connectivity index is 1.85. The number of hydrogen-bond acceptors (Lipinski definition) is 2. The number of hydrogen-bond donors (Lipinski definition) is 1. The van der Waals surface area contributed by atoms with Crippen LogP contribution in [0.2, 0.25) is 0 Å². The fourth-order valence-electron chi connectivity index (χ4n) is 2.47. The van der Waals surface area contributed by atoms with Gasteiger partial charge in [-0.15, -0.1) is 0 Å². The molecule has 2 aliphatic rings. The lowest BCUT2D eigenvalue weighted by molar-refractivity contribution is 0.600. The third-order valence-electron chi connectivity index (χ3n) is 3.60. The number of aryl methyl sites for hydroxylation is 1. The highest BCUT2D eigenvalue weighted by atomic mass is 15.2. The molecule has 3 rings (SSSR count). The average molecular weight is 202 g/mol. The number of benzene rings is 1. The predicted molar refractivity (Wildman–Crippen MR) is 63.1 cm³/mol. The number of nitrogens with two attached hydrogens (primary N) is 1. The Kier molecular flexibility index (Phi) is 1.99. The first-order chi connectivity index (χ1) is 7.27. The minimum Gasteiger partial charge on any atom is -0.369 e. The van der Waals surface area contributed by atoms with E-state index in [1.54, 1.807) is 0 Å². The summed E-state index contributed by atoms with van der Waals surface area (Å²) >= 11 is 0. The van der Waals surface area contributed by atoms with Crippen molar-refractivity contribution in [1.82, 2.24) is 0 Å². The molecule has 0 unspecified atom stereocenters. The van der Waals surface area contributed by atoms with Crippen molar-refractivity contribution in [1.29, 1.82) is 0 Å². The molecule has 1 aliphatic heterocycles. The normalized spacial score (nSPS) is 22.3. The highest BCUT2D eigenvalue weighted by Crippen LogP contribution is 2.36. The second-order valence-electron chi connectivity index (χ2n) is 5.02. The SMILES string of the molecule is NC1(CN2CCCc3ccccc32)CC1. The van der Waals surface area contributed by atoms with Crippen LogP contribution in [0.3, 0.4) is 0 Å². The first kappa shape index (κ1) is 9.22. The van der Waals surface area contributed by atoms with E-state index in [2.05, 4.69) is 29.2 Å². The van der Waals surface area contributed by atoms with Gasteiger partial charge in [0.2, 0.25) is 0 Å². The molecular weight excluding hydrogens is 184 g/mol. The highest BCUT2D eigenvalue weighted by Gasteiger charge is 2.40. The molecule has 1 aliphatic carbocycles. The third kappa shape index (κ3) is 1.74. The van der Waals surface area contributed by atoms with Gasteiger partial charge in [-0.3, -0.25) is 0 Å². The van der Waals surface area contributed by atoms with Crippen LogP contribution >= 0.6 is 0 Å². The smallest absolute Gasteiger partial charge is 0.0399 e. The van der Waals surface area contributed by atoms with Crippen LogP contribution < -0.4 is 10.6 Å². The van der Waals surface area contributed by atoms with Gasteiger partial charge in [-0.25, -0.2) is 0 Å². The van der Waals surface area contributed by atoms with Gasteiger partial charge in [-0.1, -0.05) is 18.2 Å². The second kappa shape index (κ2) is 3.24. The van der Waals surface area contributed by atoms with E-state index in [1.165, 1.54) is 43.5 Å². The highest BCUT2D eigenvalue weighted by molar-refractivity contribution is 5.56. The van der Waals surface area contributed by atoms with E-state index < -0.39 is 0 Å². The molecule has 0 aromatic heterocycles. The fourth-order valence-corrected chi connectivity index (χ4v) is 2.47. The molecule has 0 saturated heterocycles. The van der Waals surface area contributed by atoms with E-state index in [9.17, 15) is 0 Å². The summed E-state index contributed by atoms with van der Waals surface area (Å²) in [7, 11) is 0. The van der Waals surface area contributed by atoms with Gasteiger partial charge in [0.1, 0.15) is 0 Å². The van der Waals surface area contributed by atoms with Crippen LogP contribution in [0.25, 0.3) is 0 Å². The van der Waals surface area contributed by atoms with Crippen LogP contribution in [0, 0.1) is 0 Å². The standard InChI is InChI=1S/C13H18N2/c14-13(7-8-13)10-15-9-3-5-11-4-1-2-6-12(11)15/h1-2,4,6H,3,5,7-10,14H2.